The lowest BCUT2D eigenvalue weighted by Gasteiger charge is -2.38. The molecule has 5 aliphatic rings. The Balaban J connectivity index is 1.49. The number of carbonyl (C=O) groups is 3. The van der Waals surface area contributed by atoms with Crippen LogP contribution in [0.15, 0.2) is 24.3 Å². The quantitative estimate of drug-likeness (QED) is 0.406. The van der Waals surface area contributed by atoms with Gasteiger partial charge in [0.05, 0.1) is 37.9 Å². The summed E-state index contributed by atoms with van der Waals surface area (Å²) in [6.45, 7) is 6.33. The van der Waals surface area contributed by atoms with Crippen molar-refractivity contribution in [3.8, 4) is 0 Å². The average molecular weight is 476 g/mol. The van der Waals surface area contributed by atoms with Crippen molar-refractivity contribution in [3.05, 3.63) is 24.3 Å². The van der Waals surface area contributed by atoms with Crippen LogP contribution in [0, 0.1) is 11.8 Å². The van der Waals surface area contributed by atoms with Gasteiger partial charge in [-0.1, -0.05) is 24.3 Å². The summed E-state index contributed by atoms with van der Waals surface area (Å²) in [4.78, 5) is 46.2. The Hall–Kier alpha value is -2.27. The number of nitrogens with zero attached hydrogens (tertiary/aromatic N) is 3. The van der Waals surface area contributed by atoms with Gasteiger partial charge in [0.2, 0.25) is 11.8 Å². The molecule has 0 aromatic carbocycles. The van der Waals surface area contributed by atoms with Gasteiger partial charge in [-0.3, -0.25) is 19.3 Å². The van der Waals surface area contributed by atoms with Crippen molar-refractivity contribution < 1.29 is 33.7 Å². The molecule has 0 aromatic heterocycles. The highest BCUT2D eigenvalue weighted by molar-refractivity contribution is 5.99. The van der Waals surface area contributed by atoms with E-state index in [9.17, 15) is 19.5 Å². The molecule has 1 unspecified atom stereocenters. The Morgan fingerprint density at radius 3 is 2.56 bits per heavy atom. The van der Waals surface area contributed by atoms with Crippen molar-refractivity contribution in [2.45, 2.75) is 30.6 Å². The zero-order chi connectivity index (χ0) is 23.9. The number of likely N-dealkylation sites (tertiary alicyclic amines) is 1. The van der Waals surface area contributed by atoms with Crippen LogP contribution in [-0.4, -0.2) is 121 Å². The van der Waals surface area contributed by atoms with Gasteiger partial charge in [-0.05, 0) is 13.3 Å². The largest absolute Gasteiger partial charge is 0.465 e. The first-order valence-electron chi connectivity index (χ1n) is 12.1. The molecule has 1 N–H and O–H groups in total. The molecule has 10 nitrogen and oxygen atoms in total. The van der Waals surface area contributed by atoms with Crippen molar-refractivity contribution in [2.24, 2.45) is 11.8 Å². The highest BCUT2D eigenvalue weighted by atomic mass is 16.6. The number of morpholine rings is 1. The minimum atomic E-state index is -1.30. The average Bonchev–Trinajstić information content (AvgIpc) is 3.13. The first-order valence-corrected chi connectivity index (χ1v) is 12.1. The van der Waals surface area contributed by atoms with Gasteiger partial charge in [0.25, 0.3) is 0 Å². The van der Waals surface area contributed by atoms with Gasteiger partial charge >= 0.3 is 5.97 Å². The summed E-state index contributed by atoms with van der Waals surface area (Å²) in [7, 11) is 0. The number of hydrogen-bond donors (Lipinski definition) is 1. The minimum Gasteiger partial charge on any atom is -0.465 e. The molecule has 0 radical (unpaired) electrons. The smallest absolute Gasteiger partial charge is 0.313 e. The molecule has 3 saturated heterocycles. The molecule has 0 bridgehead atoms. The summed E-state index contributed by atoms with van der Waals surface area (Å²) in [5.74, 6) is -2.84. The number of aliphatic hydroxyl groups excluding tert-OH is 1. The number of rotatable bonds is 5. The predicted molar refractivity (Wildman–Crippen MR) is 119 cm³/mol. The second-order valence-electron chi connectivity index (χ2n) is 9.75. The van der Waals surface area contributed by atoms with E-state index in [4.69, 9.17) is 14.2 Å². The number of aliphatic hydroxyl groups is 1. The molecular formula is C24H33N3O7. The lowest BCUT2D eigenvalue weighted by atomic mass is 9.74. The fraction of sp³-hybridized carbons (Fsp3) is 0.708. The molecule has 1 spiro atoms. The molecule has 5 aliphatic heterocycles. The summed E-state index contributed by atoms with van der Waals surface area (Å²) < 4.78 is 17.5. The van der Waals surface area contributed by atoms with Crippen LogP contribution in [0.25, 0.3) is 0 Å². The Labute approximate surface area is 199 Å². The third-order valence-corrected chi connectivity index (χ3v) is 7.73. The predicted octanol–water partition coefficient (Wildman–Crippen LogP) is -0.817. The SMILES string of the molecule is C[C@@]12C=CCCOC(=O)[C@@H]1[C@H]1C(=O)N(CCO)C3C(=O)N(CCN4CCOCC4)CC=C[C@@]31O2. The minimum absolute atomic E-state index is 0.00366. The molecule has 10 heteroatoms. The van der Waals surface area contributed by atoms with Gasteiger partial charge in [0, 0.05) is 39.3 Å². The third kappa shape index (κ3) is 3.67. The molecule has 0 aliphatic carbocycles. The van der Waals surface area contributed by atoms with Crippen LogP contribution < -0.4 is 0 Å². The van der Waals surface area contributed by atoms with E-state index >= 15 is 0 Å². The maximum Gasteiger partial charge on any atom is 0.313 e. The summed E-state index contributed by atoms with van der Waals surface area (Å²) >= 11 is 0. The van der Waals surface area contributed by atoms with E-state index < -0.39 is 35.0 Å². The van der Waals surface area contributed by atoms with E-state index in [1.165, 1.54) is 4.90 Å². The Morgan fingerprint density at radius 2 is 1.79 bits per heavy atom. The highest BCUT2D eigenvalue weighted by Gasteiger charge is 2.74. The standard InChI is InChI=1S/C24H33N3O7/c1-23-5-2-3-14-33-22(31)18(23)17-20(29)27(10-13-28)19-21(30)26(7-4-6-24(17,19)34-23)9-8-25-11-15-32-16-12-25/h2,4-6,17-19,28H,3,7-16H2,1H3/t17-,18-,19?,23+,24-/m0/s1. The van der Waals surface area contributed by atoms with Crippen LogP contribution in [0.4, 0.5) is 0 Å². The second-order valence-corrected chi connectivity index (χ2v) is 9.75. The molecule has 5 heterocycles. The zero-order valence-electron chi connectivity index (χ0n) is 19.6. The number of hydrogen-bond acceptors (Lipinski definition) is 8. The number of β-amino-alcohol motifs (C(OH)–C–C–N with tert-alkyl or cyclic N) is 1. The van der Waals surface area contributed by atoms with Crippen LogP contribution in [-0.2, 0) is 28.6 Å². The molecular weight excluding hydrogens is 442 g/mol. The Morgan fingerprint density at radius 1 is 1.00 bits per heavy atom. The molecule has 34 heavy (non-hydrogen) atoms. The van der Waals surface area contributed by atoms with Crippen LogP contribution in [0.2, 0.25) is 0 Å². The van der Waals surface area contributed by atoms with Crippen LogP contribution in [0.1, 0.15) is 13.3 Å². The summed E-state index contributed by atoms with van der Waals surface area (Å²) in [6, 6.07) is -0.952. The first kappa shape index (κ1) is 23.5. The van der Waals surface area contributed by atoms with Gasteiger partial charge in [-0.15, -0.1) is 0 Å². The van der Waals surface area contributed by atoms with Gasteiger partial charge in [0.1, 0.15) is 17.6 Å². The molecule has 0 saturated carbocycles. The number of cyclic esters (lactones) is 1. The van der Waals surface area contributed by atoms with Crippen LogP contribution in [0.5, 0.6) is 0 Å². The molecule has 5 atom stereocenters. The van der Waals surface area contributed by atoms with Gasteiger partial charge < -0.3 is 29.1 Å². The molecule has 3 fully saturated rings. The van der Waals surface area contributed by atoms with E-state index in [0.717, 1.165) is 13.1 Å². The maximum atomic E-state index is 13.9. The highest BCUT2D eigenvalue weighted by Crippen LogP contribution is 2.57. The number of esters is 1. The van der Waals surface area contributed by atoms with Crippen molar-refractivity contribution >= 4 is 17.8 Å². The van der Waals surface area contributed by atoms with E-state index in [-0.39, 0.29) is 31.6 Å². The van der Waals surface area contributed by atoms with E-state index in [0.29, 0.717) is 39.3 Å². The molecule has 5 rings (SSSR count). The lowest BCUT2D eigenvalue weighted by molar-refractivity contribution is -0.160. The second kappa shape index (κ2) is 9.07. The van der Waals surface area contributed by atoms with Crippen molar-refractivity contribution in [2.75, 3.05) is 65.7 Å². The Kier molecular flexibility index (Phi) is 6.26. The molecule has 0 aromatic rings. The van der Waals surface area contributed by atoms with Crippen LogP contribution in [0.3, 0.4) is 0 Å². The monoisotopic (exact) mass is 475 g/mol. The van der Waals surface area contributed by atoms with Crippen molar-refractivity contribution in [3.63, 3.8) is 0 Å². The lowest BCUT2D eigenvalue weighted by Crippen LogP contribution is -2.57. The fourth-order valence-corrected chi connectivity index (χ4v) is 6.17. The van der Waals surface area contributed by atoms with E-state index in [2.05, 4.69) is 4.90 Å². The number of ether oxygens (including phenoxy) is 3. The van der Waals surface area contributed by atoms with Gasteiger partial charge in [0.15, 0.2) is 0 Å². The van der Waals surface area contributed by atoms with E-state index in [1.807, 2.05) is 24.3 Å². The molecule has 2 amide bonds. The summed E-state index contributed by atoms with van der Waals surface area (Å²) in [6.07, 6.45) is 7.98. The van der Waals surface area contributed by atoms with Crippen molar-refractivity contribution in [1.82, 2.24) is 14.7 Å². The van der Waals surface area contributed by atoms with Crippen molar-refractivity contribution in [1.29, 1.82) is 0 Å². The summed E-state index contributed by atoms with van der Waals surface area (Å²) in [5, 5.41) is 9.71. The Bertz CT molecular complexity index is 901. The van der Waals surface area contributed by atoms with Gasteiger partial charge in [-0.25, -0.2) is 0 Å². The van der Waals surface area contributed by atoms with Gasteiger partial charge in [-0.2, -0.15) is 0 Å². The fourth-order valence-electron chi connectivity index (χ4n) is 6.17. The maximum absolute atomic E-state index is 13.9. The third-order valence-electron chi connectivity index (χ3n) is 7.73. The number of fused-ring (bicyclic) bond motifs is 2. The number of carbonyl (C=O) groups excluding carboxylic acids is 3. The van der Waals surface area contributed by atoms with Crippen LogP contribution >= 0.6 is 0 Å². The summed E-state index contributed by atoms with van der Waals surface area (Å²) in [5.41, 5.74) is -2.38. The van der Waals surface area contributed by atoms with E-state index in [1.54, 1.807) is 11.8 Å². The normalized spacial score (nSPS) is 38.2. The zero-order valence-corrected chi connectivity index (χ0v) is 19.6. The first-order chi connectivity index (χ1) is 16.4. The topological polar surface area (TPSA) is 109 Å². The molecule has 186 valence electrons. The number of amides is 2.